The SMILES string of the molecule is C=C/C(=C\C=N)C1CC1. The zero-order chi connectivity index (χ0) is 6.69. The van der Waals surface area contributed by atoms with E-state index < -0.39 is 0 Å². The quantitative estimate of drug-likeness (QED) is 0.437. The molecular formula is C8H11N. The third kappa shape index (κ3) is 1.53. The second-order valence-corrected chi connectivity index (χ2v) is 2.31. The van der Waals surface area contributed by atoms with Gasteiger partial charge in [-0.3, -0.25) is 0 Å². The molecule has 48 valence electrons. The van der Waals surface area contributed by atoms with E-state index in [0.29, 0.717) is 0 Å². The van der Waals surface area contributed by atoms with Gasteiger partial charge in [0.15, 0.2) is 0 Å². The lowest BCUT2D eigenvalue weighted by atomic mass is 10.1. The summed E-state index contributed by atoms with van der Waals surface area (Å²) in [5.41, 5.74) is 1.23. The molecule has 1 aliphatic carbocycles. The van der Waals surface area contributed by atoms with Crippen LogP contribution in [-0.2, 0) is 0 Å². The lowest BCUT2D eigenvalue weighted by Crippen LogP contribution is -1.78. The Kier molecular flexibility index (Phi) is 1.83. The van der Waals surface area contributed by atoms with Gasteiger partial charge in [0.2, 0.25) is 0 Å². The van der Waals surface area contributed by atoms with Crippen molar-refractivity contribution in [3.05, 3.63) is 24.3 Å². The molecule has 1 aliphatic rings. The molecule has 0 saturated heterocycles. The minimum absolute atomic E-state index is 0.726. The molecule has 0 aromatic carbocycles. The number of hydrogen-bond donors (Lipinski definition) is 1. The minimum Gasteiger partial charge on any atom is -0.309 e. The van der Waals surface area contributed by atoms with Gasteiger partial charge < -0.3 is 5.41 Å². The lowest BCUT2D eigenvalue weighted by Gasteiger charge is -1.91. The van der Waals surface area contributed by atoms with E-state index in [1.54, 1.807) is 0 Å². The van der Waals surface area contributed by atoms with Crippen molar-refractivity contribution in [1.29, 1.82) is 5.41 Å². The van der Waals surface area contributed by atoms with Crippen LogP contribution in [0, 0.1) is 11.3 Å². The maximum atomic E-state index is 6.81. The highest BCUT2D eigenvalue weighted by Crippen LogP contribution is 2.36. The zero-order valence-corrected chi connectivity index (χ0v) is 5.43. The summed E-state index contributed by atoms with van der Waals surface area (Å²) >= 11 is 0. The largest absolute Gasteiger partial charge is 0.309 e. The fourth-order valence-electron chi connectivity index (χ4n) is 0.884. The monoisotopic (exact) mass is 121 g/mol. The van der Waals surface area contributed by atoms with Crippen LogP contribution in [0.3, 0.4) is 0 Å². The van der Waals surface area contributed by atoms with E-state index in [1.807, 2.05) is 12.2 Å². The van der Waals surface area contributed by atoms with Gasteiger partial charge in [-0.15, -0.1) is 0 Å². The fourth-order valence-corrected chi connectivity index (χ4v) is 0.884. The Hall–Kier alpha value is -0.850. The maximum absolute atomic E-state index is 6.81. The average Bonchev–Trinajstić information content (AvgIpc) is 2.64. The molecule has 1 N–H and O–H groups in total. The summed E-state index contributed by atoms with van der Waals surface area (Å²) in [5.74, 6) is 0.726. The second kappa shape index (κ2) is 2.62. The van der Waals surface area contributed by atoms with Gasteiger partial charge in [-0.05, 0) is 30.4 Å². The van der Waals surface area contributed by atoms with Crippen LogP contribution in [0.2, 0.25) is 0 Å². The molecule has 0 radical (unpaired) electrons. The van der Waals surface area contributed by atoms with Gasteiger partial charge in [-0.1, -0.05) is 12.7 Å². The Bertz CT molecular complexity index is 152. The summed E-state index contributed by atoms with van der Waals surface area (Å²) in [7, 11) is 0. The first-order valence-corrected chi connectivity index (χ1v) is 3.21. The minimum atomic E-state index is 0.726. The molecule has 0 aromatic heterocycles. The molecule has 0 aromatic rings. The van der Waals surface area contributed by atoms with Gasteiger partial charge in [-0.2, -0.15) is 0 Å². The third-order valence-electron chi connectivity index (χ3n) is 1.56. The number of hydrogen-bond acceptors (Lipinski definition) is 1. The Balaban J connectivity index is 2.56. The number of nitrogens with one attached hydrogen (secondary N) is 1. The second-order valence-electron chi connectivity index (χ2n) is 2.31. The average molecular weight is 121 g/mol. The predicted octanol–water partition coefficient (Wildman–Crippen LogP) is 2.16. The van der Waals surface area contributed by atoms with Crippen LogP contribution in [0.15, 0.2) is 24.3 Å². The van der Waals surface area contributed by atoms with Crippen molar-refractivity contribution in [1.82, 2.24) is 0 Å². The van der Waals surface area contributed by atoms with E-state index in [0.717, 1.165) is 5.92 Å². The first kappa shape index (κ1) is 6.27. The maximum Gasteiger partial charge on any atom is 0.0180 e. The van der Waals surface area contributed by atoms with Crippen LogP contribution in [0.1, 0.15) is 12.8 Å². The third-order valence-corrected chi connectivity index (χ3v) is 1.56. The normalized spacial score (nSPS) is 19.3. The molecule has 9 heavy (non-hydrogen) atoms. The van der Waals surface area contributed by atoms with Crippen molar-refractivity contribution in [3.8, 4) is 0 Å². The Morgan fingerprint density at radius 3 is 2.56 bits per heavy atom. The fraction of sp³-hybridized carbons (Fsp3) is 0.375. The van der Waals surface area contributed by atoms with Gasteiger partial charge in [0.25, 0.3) is 0 Å². The molecule has 1 heteroatoms. The Labute approximate surface area is 55.6 Å². The molecule has 0 spiro atoms. The van der Waals surface area contributed by atoms with Crippen LogP contribution in [0.4, 0.5) is 0 Å². The molecule has 0 heterocycles. The van der Waals surface area contributed by atoms with Crippen molar-refractivity contribution in [2.75, 3.05) is 0 Å². The molecule has 0 atom stereocenters. The molecule has 1 nitrogen and oxygen atoms in total. The Morgan fingerprint density at radius 2 is 2.22 bits per heavy atom. The van der Waals surface area contributed by atoms with Crippen LogP contribution in [0.25, 0.3) is 0 Å². The molecule has 1 saturated carbocycles. The van der Waals surface area contributed by atoms with Gasteiger partial charge >= 0.3 is 0 Å². The van der Waals surface area contributed by atoms with E-state index in [1.165, 1.54) is 24.6 Å². The van der Waals surface area contributed by atoms with Crippen molar-refractivity contribution in [2.24, 2.45) is 5.92 Å². The Morgan fingerprint density at radius 1 is 1.56 bits per heavy atom. The first-order chi connectivity index (χ1) is 4.38. The summed E-state index contributed by atoms with van der Waals surface area (Å²) in [5, 5.41) is 6.81. The highest BCUT2D eigenvalue weighted by atomic mass is 14.3. The van der Waals surface area contributed by atoms with Crippen molar-refractivity contribution < 1.29 is 0 Å². The summed E-state index contributed by atoms with van der Waals surface area (Å²) in [6, 6.07) is 0. The van der Waals surface area contributed by atoms with Gasteiger partial charge in [0, 0.05) is 6.21 Å². The van der Waals surface area contributed by atoms with Crippen LogP contribution < -0.4 is 0 Å². The zero-order valence-electron chi connectivity index (χ0n) is 5.43. The molecule has 1 rings (SSSR count). The van der Waals surface area contributed by atoms with Crippen molar-refractivity contribution >= 4 is 6.21 Å². The van der Waals surface area contributed by atoms with Crippen molar-refractivity contribution in [3.63, 3.8) is 0 Å². The molecule has 0 bridgehead atoms. The molecule has 0 aliphatic heterocycles. The standard InChI is InChI=1S/C8H11N/c1-2-7(5-6-9)8-3-4-8/h2,5-6,8-9H,1,3-4H2/b7-5+,9-6?. The van der Waals surface area contributed by atoms with Crippen LogP contribution >= 0.6 is 0 Å². The summed E-state index contributed by atoms with van der Waals surface area (Å²) < 4.78 is 0. The summed E-state index contributed by atoms with van der Waals surface area (Å²) in [6.07, 6.45) is 7.57. The predicted molar refractivity (Wildman–Crippen MR) is 39.8 cm³/mol. The molecule has 0 unspecified atom stereocenters. The number of allylic oxidation sites excluding steroid dienone is 3. The smallest absolute Gasteiger partial charge is 0.0180 e. The van der Waals surface area contributed by atoms with Gasteiger partial charge in [0.05, 0.1) is 0 Å². The summed E-state index contributed by atoms with van der Waals surface area (Å²) in [4.78, 5) is 0. The van der Waals surface area contributed by atoms with E-state index in [-0.39, 0.29) is 0 Å². The van der Waals surface area contributed by atoms with E-state index in [4.69, 9.17) is 5.41 Å². The molecule has 1 fully saturated rings. The highest BCUT2D eigenvalue weighted by molar-refractivity contribution is 5.70. The first-order valence-electron chi connectivity index (χ1n) is 3.21. The highest BCUT2D eigenvalue weighted by Gasteiger charge is 2.23. The van der Waals surface area contributed by atoms with Crippen LogP contribution in [0.5, 0.6) is 0 Å². The van der Waals surface area contributed by atoms with E-state index in [2.05, 4.69) is 6.58 Å². The van der Waals surface area contributed by atoms with Gasteiger partial charge in [-0.25, -0.2) is 0 Å². The van der Waals surface area contributed by atoms with Crippen molar-refractivity contribution in [2.45, 2.75) is 12.8 Å². The van der Waals surface area contributed by atoms with E-state index in [9.17, 15) is 0 Å². The lowest BCUT2D eigenvalue weighted by molar-refractivity contribution is 1.06. The molecular weight excluding hydrogens is 110 g/mol. The number of rotatable bonds is 3. The van der Waals surface area contributed by atoms with Gasteiger partial charge in [0.1, 0.15) is 0 Å². The van der Waals surface area contributed by atoms with Crippen LogP contribution in [-0.4, -0.2) is 6.21 Å². The topological polar surface area (TPSA) is 23.9 Å². The van der Waals surface area contributed by atoms with E-state index >= 15 is 0 Å². The molecule has 0 amide bonds. The summed E-state index contributed by atoms with van der Waals surface area (Å²) in [6.45, 7) is 3.67.